The summed E-state index contributed by atoms with van der Waals surface area (Å²) < 4.78 is 13.2. The molecule has 0 atom stereocenters. The van der Waals surface area contributed by atoms with Gasteiger partial charge in [0.1, 0.15) is 5.82 Å². The summed E-state index contributed by atoms with van der Waals surface area (Å²) in [7, 11) is 0. The van der Waals surface area contributed by atoms with Crippen LogP contribution in [0.5, 0.6) is 0 Å². The average molecular weight is 253 g/mol. The number of halogens is 1. The number of anilines is 1. The standard InChI is InChI=1S/C16H12FNO/c1-3-12-5-4-6-15(9-12)18-16(19)13-7-11(2)8-14(17)10-13/h1,4-10H,2H3,(H,18,19). The molecular formula is C16H12FNO. The minimum absolute atomic E-state index is 0.281. The first-order valence-corrected chi connectivity index (χ1v) is 5.74. The Kier molecular flexibility index (Phi) is 3.63. The van der Waals surface area contributed by atoms with E-state index in [1.54, 1.807) is 37.3 Å². The van der Waals surface area contributed by atoms with Crippen LogP contribution in [0.15, 0.2) is 42.5 Å². The van der Waals surface area contributed by atoms with Crippen LogP contribution in [0.1, 0.15) is 21.5 Å². The topological polar surface area (TPSA) is 29.1 Å². The average Bonchev–Trinajstić information content (AvgIpc) is 2.37. The van der Waals surface area contributed by atoms with Crippen LogP contribution in [0.3, 0.4) is 0 Å². The van der Waals surface area contributed by atoms with Crippen molar-refractivity contribution in [1.29, 1.82) is 0 Å². The van der Waals surface area contributed by atoms with Crippen LogP contribution in [0, 0.1) is 25.1 Å². The highest BCUT2D eigenvalue weighted by Crippen LogP contribution is 2.13. The summed E-state index contributed by atoms with van der Waals surface area (Å²) in [5, 5.41) is 2.69. The van der Waals surface area contributed by atoms with Gasteiger partial charge < -0.3 is 5.32 Å². The normalized spacial score (nSPS) is 9.74. The molecule has 0 fully saturated rings. The van der Waals surface area contributed by atoms with Gasteiger partial charge in [-0.25, -0.2) is 4.39 Å². The highest BCUT2D eigenvalue weighted by molar-refractivity contribution is 6.04. The van der Waals surface area contributed by atoms with Gasteiger partial charge in [-0.2, -0.15) is 0 Å². The van der Waals surface area contributed by atoms with Crippen LogP contribution in [-0.2, 0) is 0 Å². The molecule has 0 aliphatic heterocycles. The SMILES string of the molecule is C#Cc1cccc(NC(=O)c2cc(C)cc(F)c2)c1. The van der Waals surface area contributed by atoms with E-state index in [9.17, 15) is 9.18 Å². The number of benzene rings is 2. The fourth-order valence-corrected chi connectivity index (χ4v) is 1.76. The van der Waals surface area contributed by atoms with Gasteiger partial charge in [0.25, 0.3) is 5.91 Å². The Labute approximate surface area is 111 Å². The molecule has 2 aromatic carbocycles. The first-order valence-electron chi connectivity index (χ1n) is 5.74. The lowest BCUT2D eigenvalue weighted by atomic mass is 10.1. The molecule has 0 aliphatic carbocycles. The molecule has 3 heteroatoms. The molecule has 0 bridgehead atoms. The van der Waals surface area contributed by atoms with Crippen molar-refractivity contribution in [2.75, 3.05) is 5.32 Å². The molecule has 0 radical (unpaired) electrons. The Morgan fingerprint density at radius 2 is 2.05 bits per heavy atom. The van der Waals surface area contributed by atoms with Crippen molar-refractivity contribution in [1.82, 2.24) is 0 Å². The number of carbonyl (C=O) groups excluding carboxylic acids is 1. The van der Waals surface area contributed by atoms with Crippen molar-refractivity contribution in [3.05, 3.63) is 65.0 Å². The first kappa shape index (κ1) is 12.8. The van der Waals surface area contributed by atoms with Crippen molar-refractivity contribution in [2.45, 2.75) is 6.92 Å². The molecule has 2 rings (SSSR count). The van der Waals surface area contributed by atoms with Gasteiger partial charge in [0.05, 0.1) is 0 Å². The maximum Gasteiger partial charge on any atom is 0.255 e. The third kappa shape index (κ3) is 3.20. The van der Waals surface area contributed by atoms with Crippen LogP contribution in [0.25, 0.3) is 0 Å². The monoisotopic (exact) mass is 253 g/mol. The van der Waals surface area contributed by atoms with Gasteiger partial charge in [-0.3, -0.25) is 4.79 Å². The van der Waals surface area contributed by atoms with Crippen LogP contribution >= 0.6 is 0 Å². The van der Waals surface area contributed by atoms with Gasteiger partial charge in [0.2, 0.25) is 0 Å². The predicted molar refractivity (Wildman–Crippen MR) is 73.5 cm³/mol. The van der Waals surface area contributed by atoms with E-state index in [0.29, 0.717) is 16.8 Å². The molecule has 0 saturated carbocycles. The molecule has 0 unspecified atom stereocenters. The molecule has 0 heterocycles. The minimum Gasteiger partial charge on any atom is -0.322 e. The fraction of sp³-hybridized carbons (Fsp3) is 0.0625. The molecule has 94 valence electrons. The van der Waals surface area contributed by atoms with E-state index in [2.05, 4.69) is 11.2 Å². The van der Waals surface area contributed by atoms with Gasteiger partial charge in [-0.15, -0.1) is 6.42 Å². The lowest BCUT2D eigenvalue weighted by molar-refractivity contribution is 0.102. The zero-order valence-corrected chi connectivity index (χ0v) is 10.4. The molecule has 0 aliphatic rings. The fourth-order valence-electron chi connectivity index (χ4n) is 1.76. The van der Waals surface area contributed by atoms with Crippen molar-refractivity contribution in [2.24, 2.45) is 0 Å². The molecule has 0 saturated heterocycles. The summed E-state index contributed by atoms with van der Waals surface area (Å²) in [5.41, 5.74) is 2.24. The second-order valence-corrected chi connectivity index (χ2v) is 4.20. The highest BCUT2D eigenvalue weighted by atomic mass is 19.1. The minimum atomic E-state index is -0.428. The van der Waals surface area contributed by atoms with E-state index in [4.69, 9.17) is 6.42 Å². The second kappa shape index (κ2) is 5.36. The van der Waals surface area contributed by atoms with Crippen LogP contribution in [0.4, 0.5) is 10.1 Å². The van der Waals surface area contributed by atoms with E-state index in [-0.39, 0.29) is 11.5 Å². The summed E-state index contributed by atoms with van der Waals surface area (Å²) in [6.07, 6.45) is 5.29. The zero-order chi connectivity index (χ0) is 13.8. The maximum atomic E-state index is 13.2. The Morgan fingerprint density at radius 3 is 2.74 bits per heavy atom. The molecule has 0 spiro atoms. The number of terminal acetylenes is 1. The quantitative estimate of drug-likeness (QED) is 0.817. The summed E-state index contributed by atoms with van der Waals surface area (Å²) in [5.74, 6) is 1.69. The Balaban J connectivity index is 2.23. The molecule has 1 amide bonds. The molecule has 1 N–H and O–H groups in total. The lowest BCUT2D eigenvalue weighted by Gasteiger charge is -2.06. The van der Waals surface area contributed by atoms with E-state index < -0.39 is 5.82 Å². The first-order chi connectivity index (χ1) is 9.08. The third-order valence-corrected chi connectivity index (χ3v) is 2.59. The lowest BCUT2D eigenvalue weighted by Crippen LogP contribution is -2.12. The molecule has 2 aromatic rings. The van der Waals surface area contributed by atoms with Gasteiger partial charge in [-0.1, -0.05) is 12.0 Å². The van der Waals surface area contributed by atoms with Gasteiger partial charge in [-0.05, 0) is 48.9 Å². The van der Waals surface area contributed by atoms with E-state index in [1.807, 2.05) is 0 Å². The van der Waals surface area contributed by atoms with Gasteiger partial charge in [0, 0.05) is 16.8 Å². The van der Waals surface area contributed by atoms with E-state index >= 15 is 0 Å². The van der Waals surface area contributed by atoms with Gasteiger partial charge in [0.15, 0.2) is 0 Å². The predicted octanol–water partition coefficient (Wildman–Crippen LogP) is 3.37. The van der Waals surface area contributed by atoms with E-state index in [0.717, 1.165) is 0 Å². The van der Waals surface area contributed by atoms with Crippen LogP contribution in [0.2, 0.25) is 0 Å². The number of nitrogens with one attached hydrogen (secondary N) is 1. The summed E-state index contributed by atoms with van der Waals surface area (Å²) in [6.45, 7) is 1.73. The van der Waals surface area contributed by atoms with Crippen LogP contribution in [-0.4, -0.2) is 5.91 Å². The Bertz CT molecular complexity index is 650. The zero-order valence-electron chi connectivity index (χ0n) is 10.4. The number of carbonyl (C=O) groups is 1. The van der Waals surface area contributed by atoms with Crippen molar-refractivity contribution in [3.8, 4) is 12.3 Å². The number of hydrogen-bond acceptors (Lipinski definition) is 1. The smallest absolute Gasteiger partial charge is 0.255 e. The van der Waals surface area contributed by atoms with Crippen molar-refractivity contribution >= 4 is 11.6 Å². The largest absolute Gasteiger partial charge is 0.322 e. The summed E-state index contributed by atoms with van der Waals surface area (Å²) in [6, 6.07) is 11.1. The summed E-state index contributed by atoms with van der Waals surface area (Å²) >= 11 is 0. The maximum absolute atomic E-state index is 13.2. The second-order valence-electron chi connectivity index (χ2n) is 4.20. The molecule has 0 aromatic heterocycles. The molecule has 19 heavy (non-hydrogen) atoms. The van der Waals surface area contributed by atoms with E-state index in [1.165, 1.54) is 12.1 Å². The number of aryl methyl sites for hydroxylation is 1. The third-order valence-electron chi connectivity index (χ3n) is 2.59. The number of rotatable bonds is 2. The number of hydrogen-bond donors (Lipinski definition) is 1. The van der Waals surface area contributed by atoms with Crippen molar-refractivity contribution < 1.29 is 9.18 Å². The summed E-state index contributed by atoms with van der Waals surface area (Å²) in [4.78, 5) is 12.0. The van der Waals surface area contributed by atoms with Crippen molar-refractivity contribution in [3.63, 3.8) is 0 Å². The Hall–Kier alpha value is -2.60. The molecule has 2 nitrogen and oxygen atoms in total. The van der Waals surface area contributed by atoms with Crippen LogP contribution < -0.4 is 5.32 Å². The Morgan fingerprint density at radius 1 is 1.26 bits per heavy atom. The number of amides is 1. The molecular weight excluding hydrogens is 241 g/mol. The highest BCUT2D eigenvalue weighted by Gasteiger charge is 2.08. The van der Waals surface area contributed by atoms with Gasteiger partial charge >= 0.3 is 0 Å².